The van der Waals surface area contributed by atoms with E-state index < -0.39 is 23.1 Å². The Bertz CT molecular complexity index is 1850. The van der Waals surface area contributed by atoms with Crippen molar-refractivity contribution < 1.29 is 23.0 Å². The van der Waals surface area contributed by atoms with Gasteiger partial charge in [-0.2, -0.15) is 0 Å². The van der Waals surface area contributed by atoms with Gasteiger partial charge in [0, 0.05) is 54.9 Å². The van der Waals surface area contributed by atoms with E-state index >= 15 is 4.39 Å². The molecule has 2 aromatic carbocycles. The summed E-state index contributed by atoms with van der Waals surface area (Å²) in [4.78, 5) is 30.9. The number of rotatable bonds is 9. The Kier molecular flexibility index (Phi) is 8.28. The number of carbonyl (C=O) groups is 1. The molecule has 12 heteroatoms. The van der Waals surface area contributed by atoms with E-state index in [4.69, 9.17) is 14.9 Å². The molecule has 10 nitrogen and oxygen atoms in total. The second-order valence-corrected chi connectivity index (χ2v) is 9.26. The molecule has 0 atom stereocenters. The number of nitrogens with zero attached hydrogens (tertiary/aromatic N) is 3. The number of benzene rings is 2. The van der Waals surface area contributed by atoms with Gasteiger partial charge in [-0.25, -0.2) is 13.8 Å². The largest absolute Gasteiger partial charge is 0.493 e. The lowest BCUT2D eigenvalue weighted by Gasteiger charge is -2.19. The fourth-order valence-corrected chi connectivity index (χ4v) is 4.28. The molecular formula is C31H26F2N6O4. The topological polar surface area (TPSA) is 123 Å². The maximum absolute atomic E-state index is 15.3. The smallest absolute Gasteiger partial charge is 0.271 e. The van der Waals surface area contributed by atoms with Gasteiger partial charge < -0.3 is 30.1 Å². The van der Waals surface area contributed by atoms with Crippen molar-refractivity contribution in [1.82, 2.24) is 19.4 Å². The predicted molar refractivity (Wildman–Crippen MR) is 157 cm³/mol. The summed E-state index contributed by atoms with van der Waals surface area (Å²) >= 11 is 0. The molecule has 3 N–H and O–H groups in total. The molecule has 1 aliphatic heterocycles. The molecule has 1 aliphatic rings. The molecule has 0 fully saturated rings. The van der Waals surface area contributed by atoms with Crippen molar-refractivity contribution >= 4 is 23.4 Å². The van der Waals surface area contributed by atoms with Gasteiger partial charge in [0.15, 0.2) is 17.3 Å². The summed E-state index contributed by atoms with van der Waals surface area (Å²) in [6, 6.07) is 10.5. The Morgan fingerprint density at radius 1 is 1.14 bits per heavy atom. The van der Waals surface area contributed by atoms with Crippen molar-refractivity contribution in [2.75, 3.05) is 11.9 Å². The highest BCUT2D eigenvalue weighted by Crippen LogP contribution is 2.29. The lowest BCUT2D eigenvalue weighted by atomic mass is 10.1. The monoisotopic (exact) mass is 584 g/mol. The Morgan fingerprint density at radius 3 is 2.60 bits per heavy atom. The Morgan fingerprint density at radius 2 is 1.93 bits per heavy atom. The summed E-state index contributed by atoms with van der Waals surface area (Å²) in [5, 5.41) is 13.0. The van der Waals surface area contributed by atoms with Crippen molar-refractivity contribution in [3.05, 3.63) is 130 Å². The first kappa shape index (κ1) is 28.7. The van der Waals surface area contributed by atoms with E-state index in [1.54, 1.807) is 30.1 Å². The molecule has 0 radical (unpaired) electrons. The number of imidazole rings is 1. The average molecular weight is 585 g/mol. The number of dihydropyridines is 1. The van der Waals surface area contributed by atoms with E-state index in [2.05, 4.69) is 15.6 Å². The molecule has 5 rings (SSSR count). The molecule has 0 aliphatic carbocycles. The SMILES string of the molecule is CCOc1ccn(-c2ccc(F)cc2)c(=O)c1C(=O)Nc1ccc(OC2=CC(c3cn(C)cn3)=CN/C2=C\C=N)c(F)c1. The van der Waals surface area contributed by atoms with Gasteiger partial charge in [0.25, 0.3) is 11.5 Å². The number of nitrogens with one attached hydrogen (secondary N) is 3. The first-order valence-electron chi connectivity index (χ1n) is 13.1. The lowest BCUT2D eigenvalue weighted by molar-refractivity contribution is 0.102. The summed E-state index contributed by atoms with van der Waals surface area (Å²) in [5.74, 6) is -1.94. The maximum Gasteiger partial charge on any atom is 0.271 e. The summed E-state index contributed by atoms with van der Waals surface area (Å²) in [6.45, 7) is 1.90. The van der Waals surface area contributed by atoms with Gasteiger partial charge in [-0.1, -0.05) is 0 Å². The van der Waals surface area contributed by atoms with Crippen LogP contribution in [-0.4, -0.2) is 32.8 Å². The Hall–Kier alpha value is -5.78. The highest BCUT2D eigenvalue weighted by molar-refractivity contribution is 6.06. The molecule has 1 amide bonds. The van der Waals surface area contributed by atoms with Crippen LogP contribution in [0.5, 0.6) is 11.5 Å². The number of halogens is 2. The highest BCUT2D eigenvalue weighted by atomic mass is 19.1. The van der Waals surface area contributed by atoms with E-state index in [1.807, 2.05) is 13.2 Å². The number of pyridine rings is 1. The minimum absolute atomic E-state index is 0.0443. The van der Waals surface area contributed by atoms with Crippen molar-refractivity contribution in [2.45, 2.75) is 6.92 Å². The van der Waals surface area contributed by atoms with Crippen LogP contribution in [0.4, 0.5) is 14.5 Å². The first-order valence-corrected chi connectivity index (χ1v) is 13.1. The van der Waals surface area contributed by atoms with E-state index in [-0.39, 0.29) is 35.1 Å². The number of aryl methyl sites for hydroxylation is 1. The Labute approximate surface area is 244 Å². The van der Waals surface area contributed by atoms with Crippen LogP contribution in [0.1, 0.15) is 23.0 Å². The van der Waals surface area contributed by atoms with Crippen LogP contribution in [0, 0.1) is 17.0 Å². The van der Waals surface area contributed by atoms with Gasteiger partial charge in [0.1, 0.15) is 17.1 Å². The minimum Gasteiger partial charge on any atom is -0.493 e. The van der Waals surface area contributed by atoms with E-state index in [0.717, 1.165) is 12.3 Å². The zero-order valence-corrected chi connectivity index (χ0v) is 23.1. The van der Waals surface area contributed by atoms with Gasteiger partial charge >= 0.3 is 0 Å². The molecule has 0 unspecified atom stereocenters. The third-order valence-corrected chi connectivity index (χ3v) is 6.28. The van der Waals surface area contributed by atoms with Crippen LogP contribution in [0.15, 0.2) is 102 Å². The molecule has 3 heterocycles. The van der Waals surface area contributed by atoms with Crippen LogP contribution in [-0.2, 0) is 7.05 Å². The summed E-state index contributed by atoms with van der Waals surface area (Å²) < 4.78 is 43.0. The quantitative estimate of drug-likeness (QED) is 0.240. The van der Waals surface area contributed by atoms with E-state index in [1.165, 1.54) is 59.3 Å². The van der Waals surface area contributed by atoms with E-state index in [0.29, 0.717) is 22.7 Å². The Balaban J connectivity index is 1.40. The van der Waals surface area contributed by atoms with Gasteiger partial charge in [-0.05, 0) is 61.5 Å². The van der Waals surface area contributed by atoms with E-state index in [9.17, 15) is 14.0 Å². The predicted octanol–water partition coefficient (Wildman–Crippen LogP) is 4.94. The lowest BCUT2D eigenvalue weighted by Crippen LogP contribution is -2.29. The number of ether oxygens (including phenoxy) is 2. The molecule has 2 aromatic heterocycles. The zero-order valence-electron chi connectivity index (χ0n) is 23.1. The maximum atomic E-state index is 15.3. The van der Waals surface area contributed by atoms with Crippen molar-refractivity contribution in [2.24, 2.45) is 7.05 Å². The average Bonchev–Trinajstić information content (AvgIpc) is 3.42. The fraction of sp³-hybridized carbons (Fsp3) is 0.0968. The van der Waals surface area contributed by atoms with Gasteiger partial charge in [0.2, 0.25) is 0 Å². The number of hydrogen-bond donors (Lipinski definition) is 3. The minimum atomic E-state index is -0.821. The summed E-state index contributed by atoms with van der Waals surface area (Å²) in [7, 11) is 1.83. The molecule has 0 bridgehead atoms. The molecule has 4 aromatic rings. The molecule has 0 spiro atoms. The number of aromatic nitrogens is 3. The van der Waals surface area contributed by atoms with Crippen molar-refractivity contribution in [3.63, 3.8) is 0 Å². The van der Waals surface area contributed by atoms with Gasteiger partial charge in [-0.3, -0.25) is 14.2 Å². The summed E-state index contributed by atoms with van der Waals surface area (Å²) in [6.07, 6.45) is 10.8. The third kappa shape index (κ3) is 6.27. The second-order valence-electron chi connectivity index (χ2n) is 9.26. The van der Waals surface area contributed by atoms with Crippen molar-refractivity contribution in [1.29, 1.82) is 5.41 Å². The number of anilines is 1. The molecule has 218 valence electrons. The third-order valence-electron chi connectivity index (χ3n) is 6.28. The number of allylic oxidation sites excluding steroid dienone is 3. The van der Waals surface area contributed by atoms with Crippen molar-refractivity contribution in [3.8, 4) is 17.2 Å². The zero-order chi connectivity index (χ0) is 30.5. The standard InChI is InChI=1S/C31H26F2N6O4/c1-3-42-27-11-13-39(22-7-4-20(32)5-8-22)31(41)29(27)30(40)37-21-6-9-26(23(33)15-21)43-28-14-19(16-35-24(28)10-12-34)25-17-38(2)18-36-25/h4-18,34-35H,3H2,1-2H3,(H,37,40)/b24-10-,34-12?. The van der Waals surface area contributed by atoms with Crippen LogP contribution in [0.25, 0.3) is 11.3 Å². The van der Waals surface area contributed by atoms with Crippen LogP contribution in [0.2, 0.25) is 0 Å². The number of hydrogen-bond acceptors (Lipinski definition) is 7. The normalized spacial score (nSPS) is 13.5. The van der Waals surface area contributed by atoms with Gasteiger partial charge in [0.05, 0.1) is 24.3 Å². The first-order chi connectivity index (χ1) is 20.8. The fourth-order valence-electron chi connectivity index (χ4n) is 4.28. The highest BCUT2D eigenvalue weighted by Gasteiger charge is 2.22. The van der Waals surface area contributed by atoms with Crippen LogP contribution < -0.4 is 25.7 Å². The number of carbonyl (C=O) groups excluding carboxylic acids is 1. The van der Waals surface area contributed by atoms with Crippen LogP contribution in [0.3, 0.4) is 0 Å². The summed E-state index contributed by atoms with van der Waals surface area (Å²) in [5.41, 5.74) is 1.18. The molecule has 43 heavy (non-hydrogen) atoms. The molecule has 0 saturated carbocycles. The van der Waals surface area contributed by atoms with Gasteiger partial charge in [-0.15, -0.1) is 0 Å². The number of amides is 1. The molecular weight excluding hydrogens is 558 g/mol. The van der Waals surface area contributed by atoms with Crippen LogP contribution >= 0.6 is 0 Å². The second kappa shape index (κ2) is 12.4. The molecule has 0 saturated heterocycles.